The molecular weight excluding hydrogens is 514 g/mol. The largest absolute Gasteiger partial charge is 0.469 e. The van der Waals surface area contributed by atoms with E-state index in [0.29, 0.717) is 13.1 Å². The van der Waals surface area contributed by atoms with Crippen LogP contribution in [0.2, 0.25) is 0 Å². The van der Waals surface area contributed by atoms with Crippen LogP contribution in [-0.4, -0.2) is 105 Å². The maximum absolute atomic E-state index is 13.7. The molecule has 7 atom stereocenters. The van der Waals surface area contributed by atoms with E-state index in [2.05, 4.69) is 37.9 Å². The number of esters is 1. The van der Waals surface area contributed by atoms with Crippen LogP contribution in [0.5, 0.6) is 0 Å². The van der Waals surface area contributed by atoms with Crippen LogP contribution < -0.4 is 5.32 Å². The number of carbonyl (C=O) groups is 3. The Hall–Kier alpha value is -1.91. The van der Waals surface area contributed by atoms with E-state index in [0.717, 1.165) is 19.3 Å². The molecule has 1 fully saturated rings. The molecule has 0 aromatic carbocycles. The van der Waals surface area contributed by atoms with Crippen molar-refractivity contribution in [3.05, 3.63) is 0 Å². The standard InChI is InChI=1S/C30H57N3O7/c1-13-20(4)26(32(9)18-22(19(2)3)31-29(36)40-30(6,7)8)24(37-10)17-25(34)33-16-14-15-23(33)27(38-11)21(5)28(35)39-12/h19-24,26-27H,13-18H2,1-12H3,(H,31,36)/t20-,21+,22+,23-,24+,26-,27+/m0/s1. The molecule has 10 nitrogen and oxygen atoms in total. The van der Waals surface area contributed by atoms with E-state index in [1.165, 1.54) is 7.11 Å². The third-order valence-corrected chi connectivity index (χ3v) is 8.12. The van der Waals surface area contributed by atoms with Crippen molar-refractivity contribution in [1.29, 1.82) is 0 Å². The number of nitrogens with one attached hydrogen (secondary N) is 1. The molecule has 1 saturated heterocycles. The molecule has 0 aromatic rings. The summed E-state index contributed by atoms with van der Waals surface area (Å²) in [6, 6.07) is -0.411. The van der Waals surface area contributed by atoms with E-state index >= 15 is 0 Å². The van der Waals surface area contributed by atoms with Gasteiger partial charge >= 0.3 is 12.1 Å². The van der Waals surface area contributed by atoms with E-state index in [1.54, 1.807) is 21.1 Å². The third kappa shape index (κ3) is 10.5. The molecule has 1 rings (SSSR count). The van der Waals surface area contributed by atoms with Gasteiger partial charge < -0.3 is 29.2 Å². The smallest absolute Gasteiger partial charge is 0.407 e. The van der Waals surface area contributed by atoms with Crippen LogP contribution in [0.3, 0.4) is 0 Å². The molecule has 1 N–H and O–H groups in total. The first-order valence-electron chi connectivity index (χ1n) is 14.7. The first kappa shape index (κ1) is 36.1. The first-order valence-corrected chi connectivity index (χ1v) is 14.7. The van der Waals surface area contributed by atoms with E-state index < -0.39 is 23.7 Å². The Morgan fingerprint density at radius 3 is 2.15 bits per heavy atom. The molecule has 0 spiro atoms. The lowest BCUT2D eigenvalue weighted by Gasteiger charge is -2.41. The maximum Gasteiger partial charge on any atom is 0.407 e. The predicted octanol–water partition coefficient (Wildman–Crippen LogP) is 4.10. The summed E-state index contributed by atoms with van der Waals surface area (Å²) in [7, 11) is 6.62. The highest BCUT2D eigenvalue weighted by atomic mass is 16.6. The summed E-state index contributed by atoms with van der Waals surface area (Å²) in [6.07, 6.45) is 1.49. The second-order valence-electron chi connectivity index (χ2n) is 12.6. The predicted molar refractivity (Wildman–Crippen MR) is 156 cm³/mol. The van der Waals surface area contributed by atoms with Gasteiger partial charge in [0.05, 0.1) is 37.7 Å². The Labute approximate surface area is 242 Å². The highest BCUT2D eigenvalue weighted by Gasteiger charge is 2.42. The van der Waals surface area contributed by atoms with Gasteiger partial charge in [0, 0.05) is 39.4 Å². The van der Waals surface area contributed by atoms with E-state index in [-0.39, 0.29) is 54.4 Å². The Kier molecular flexibility index (Phi) is 14.9. The topological polar surface area (TPSA) is 107 Å². The number of hydrogen-bond donors (Lipinski definition) is 1. The van der Waals surface area contributed by atoms with Crippen LogP contribution in [0, 0.1) is 17.8 Å². The number of hydrogen-bond acceptors (Lipinski definition) is 8. The second-order valence-corrected chi connectivity index (χ2v) is 12.6. The van der Waals surface area contributed by atoms with Crippen LogP contribution >= 0.6 is 0 Å². The molecule has 0 aliphatic carbocycles. The van der Waals surface area contributed by atoms with Gasteiger partial charge in [0.2, 0.25) is 5.91 Å². The number of carbonyl (C=O) groups excluding carboxylic acids is 3. The van der Waals surface area contributed by atoms with Gasteiger partial charge in [0.25, 0.3) is 0 Å². The first-order chi connectivity index (χ1) is 18.6. The molecule has 2 amide bonds. The molecule has 0 aromatic heterocycles. The van der Waals surface area contributed by atoms with Crippen molar-refractivity contribution in [2.75, 3.05) is 41.5 Å². The average Bonchev–Trinajstić information content (AvgIpc) is 3.35. The zero-order valence-electron chi connectivity index (χ0n) is 27.1. The molecule has 0 bridgehead atoms. The summed E-state index contributed by atoms with van der Waals surface area (Å²) in [5, 5.41) is 3.04. The lowest BCUT2D eigenvalue weighted by molar-refractivity contribution is -0.154. The van der Waals surface area contributed by atoms with Crippen LogP contribution in [0.25, 0.3) is 0 Å². The Morgan fingerprint density at radius 2 is 1.68 bits per heavy atom. The average molecular weight is 572 g/mol. The molecule has 10 heteroatoms. The number of amides is 2. The maximum atomic E-state index is 13.7. The van der Waals surface area contributed by atoms with Gasteiger partial charge in [0.15, 0.2) is 0 Å². The Balaban J connectivity index is 3.10. The molecule has 0 saturated carbocycles. The van der Waals surface area contributed by atoms with Gasteiger partial charge in [-0.05, 0) is 59.4 Å². The monoisotopic (exact) mass is 571 g/mol. The minimum absolute atomic E-state index is 0.0116. The van der Waals surface area contributed by atoms with Crippen LogP contribution in [0.15, 0.2) is 0 Å². The molecule has 40 heavy (non-hydrogen) atoms. The van der Waals surface area contributed by atoms with Gasteiger partial charge in [-0.3, -0.25) is 14.5 Å². The van der Waals surface area contributed by atoms with Crippen molar-refractivity contribution in [3.63, 3.8) is 0 Å². The molecule has 234 valence electrons. The Bertz CT molecular complexity index is 801. The van der Waals surface area contributed by atoms with Crippen molar-refractivity contribution in [1.82, 2.24) is 15.1 Å². The minimum Gasteiger partial charge on any atom is -0.469 e. The lowest BCUT2D eigenvalue weighted by atomic mass is 9.89. The quantitative estimate of drug-likeness (QED) is 0.293. The van der Waals surface area contributed by atoms with E-state index in [1.807, 2.05) is 32.7 Å². The zero-order valence-corrected chi connectivity index (χ0v) is 27.1. The fraction of sp³-hybridized carbons (Fsp3) is 0.900. The molecule has 0 unspecified atom stereocenters. The second kappa shape index (κ2) is 16.5. The van der Waals surface area contributed by atoms with Crippen molar-refractivity contribution < 1.29 is 33.3 Å². The third-order valence-electron chi connectivity index (χ3n) is 8.12. The minimum atomic E-state index is -0.581. The summed E-state index contributed by atoms with van der Waals surface area (Å²) >= 11 is 0. The highest BCUT2D eigenvalue weighted by molar-refractivity contribution is 5.78. The Morgan fingerprint density at radius 1 is 1.05 bits per heavy atom. The van der Waals surface area contributed by atoms with Crippen LogP contribution in [0.4, 0.5) is 4.79 Å². The van der Waals surface area contributed by atoms with Gasteiger partial charge in [-0.25, -0.2) is 4.79 Å². The number of likely N-dealkylation sites (N-methyl/N-ethyl adjacent to an activating group) is 1. The highest BCUT2D eigenvalue weighted by Crippen LogP contribution is 2.29. The number of methoxy groups -OCH3 is 3. The SMILES string of the molecule is CC[C@H](C)[C@@H]([C@@H](CC(=O)N1CCC[C@H]1[C@H](OC)[C@@H](C)C(=O)OC)OC)N(C)C[C@@H](NC(=O)OC(C)(C)C)C(C)C. The molecule has 1 aliphatic heterocycles. The van der Waals surface area contributed by atoms with Gasteiger partial charge in [0.1, 0.15) is 5.60 Å². The van der Waals surface area contributed by atoms with E-state index in [4.69, 9.17) is 18.9 Å². The molecule has 0 radical (unpaired) electrons. The van der Waals surface area contributed by atoms with Gasteiger partial charge in [-0.1, -0.05) is 34.1 Å². The summed E-state index contributed by atoms with van der Waals surface area (Å²) in [5.74, 6) is -0.446. The molecular formula is C30H57N3O7. The molecule has 1 aliphatic rings. The number of ether oxygens (including phenoxy) is 4. The summed E-state index contributed by atoms with van der Waals surface area (Å²) in [6.45, 7) is 17.0. The van der Waals surface area contributed by atoms with Crippen molar-refractivity contribution in [2.24, 2.45) is 17.8 Å². The molecule has 1 heterocycles. The fourth-order valence-electron chi connectivity index (χ4n) is 5.73. The number of likely N-dealkylation sites (tertiary alicyclic amines) is 1. The van der Waals surface area contributed by atoms with Crippen molar-refractivity contribution in [3.8, 4) is 0 Å². The summed E-state index contributed by atoms with van der Waals surface area (Å²) in [4.78, 5) is 42.6. The van der Waals surface area contributed by atoms with Gasteiger partial charge in [-0.15, -0.1) is 0 Å². The normalized spacial score (nSPS) is 20.6. The van der Waals surface area contributed by atoms with Crippen molar-refractivity contribution >= 4 is 18.0 Å². The number of rotatable bonds is 15. The summed E-state index contributed by atoms with van der Waals surface area (Å²) < 4.78 is 22.2. The van der Waals surface area contributed by atoms with Crippen molar-refractivity contribution in [2.45, 2.75) is 117 Å². The lowest BCUT2D eigenvalue weighted by Crippen LogP contribution is -2.55. The number of alkyl carbamates (subject to hydrolysis) is 1. The van der Waals surface area contributed by atoms with Crippen LogP contribution in [-0.2, 0) is 28.5 Å². The van der Waals surface area contributed by atoms with E-state index in [9.17, 15) is 14.4 Å². The zero-order chi connectivity index (χ0) is 30.8. The number of nitrogens with zero attached hydrogens (tertiary/aromatic N) is 2. The summed E-state index contributed by atoms with van der Waals surface area (Å²) in [5.41, 5.74) is -0.581. The van der Waals surface area contributed by atoms with Gasteiger partial charge in [-0.2, -0.15) is 0 Å². The fourth-order valence-corrected chi connectivity index (χ4v) is 5.73. The van der Waals surface area contributed by atoms with Crippen LogP contribution in [0.1, 0.15) is 81.1 Å².